The number of rotatable bonds is 7. The van der Waals surface area contributed by atoms with Crippen molar-refractivity contribution >= 4 is 23.4 Å². The van der Waals surface area contributed by atoms with E-state index in [2.05, 4.69) is 29.8 Å². The number of urea groups is 1. The first-order chi connectivity index (χ1) is 19.3. The number of ether oxygens (including phenoxy) is 1. The van der Waals surface area contributed by atoms with Crippen LogP contribution < -0.4 is 14.5 Å². The second-order valence-electron chi connectivity index (χ2n) is 10.5. The highest BCUT2D eigenvalue weighted by atomic mass is 19.1. The van der Waals surface area contributed by atoms with E-state index in [9.17, 15) is 9.59 Å². The first-order valence-electron chi connectivity index (χ1n) is 13.8. The number of hydrogen-bond acceptors (Lipinski definition) is 5. The molecule has 2 aliphatic rings. The van der Waals surface area contributed by atoms with Crippen LogP contribution in [0.3, 0.4) is 0 Å². The molecule has 2 aliphatic heterocycles. The normalized spacial score (nSPS) is 17.5. The second-order valence-corrected chi connectivity index (χ2v) is 10.5. The van der Waals surface area contributed by atoms with Gasteiger partial charge in [-0.15, -0.1) is 0 Å². The van der Waals surface area contributed by atoms with Crippen LogP contribution in [0.4, 0.5) is 20.7 Å². The van der Waals surface area contributed by atoms with Crippen LogP contribution in [0, 0.1) is 12.7 Å². The number of aromatic nitrogens is 1. The Morgan fingerprint density at radius 1 is 1.05 bits per heavy atom. The van der Waals surface area contributed by atoms with Gasteiger partial charge in [0, 0.05) is 51.2 Å². The van der Waals surface area contributed by atoms with E-state index >= 15 is 4.39 Å². The van der Waals surface area contributed by atoms with Crippen LogP contribution in [0.2, 0.25) is 0 Å². The maximum absolute atomic E-state index is 15.3. The Kier molecular flexibility index (Phi) is 7.91. The van der Waals surface area contributed by atoms with Gasteiger partial charge in [0.25, 0.3) is 5.91 Å². The molecule has 40 heavy (non-hydrogen) atoms. The highest BCUT2D eigenvalue weighted by Crippen LogP contribution is 2.29. The molecule has 2 saturated heterocycles. The molecule has 1 aromatic heterocycles. The zero-order valence-corrected chi connectivity index (χ0v) is 23.6. The second kappa shape index (κ2) is 11.5. The largest absolute Gasteiger partial charge is 0.497 e. The van der Waals surface area contributed by atoms with Gasteiger partial charge in [-0.3, -0.25) is 9.69 Å². The predicted octanol–water partition coefficient (Wildman–Crippen LogP) is 4.89. The average molecular weight is 546 g/mol. The molecule has 8 nitrogen and oxygen atoms in total. The number of carbonyl (C=O) groups is 2. The molecule has 5 rings (SSSR count). The van der Waals surface area contributed by atoms with Gasteiger partial charge in [0.2, 0.25) is 0 Å². The molecule has 1 atom stereocenters. The Hall–Kier alpha value is -4.14. The van der Waals surface area contributed by atoms with Gasteiger partial charge in [-0.05, 0) is 67.3 Å². The zero-order chi connectivity index (χ0) is 28.4. The van der Waals surface area contributed by atoms with Crippen molar-refractivity contribution in [2.75, 3.05) is 49.6 Å². The highest BCUT2D eigenvalue weighted by Gasteiger charge is 2.36. The van der Waals surface area contributed by atoms with E-state index in [0.29, 0.717) is 45.0 Å². The smallest absolute Gasteiger partial charge is 0.325 e. The van der Waals surface area contributed by atoms with Crippen molar-refractivity contribution in [3.8, 4) is 5.75 Å². The monoisotopic (exact) mass is 545 g/mol. The quantitative estimate of drug-likeness (QED) is 0.423. The molecule has 0 radical (unpaired) electrons. The molecule has 3 aromatic rings. The van der Waals surface area contributed by atoms with E-state index < -0.39 is 5.82 Å². The molecular weight excluding hydrogens is 509 g/mol. The lowest BCUT2D eigenvalue weighted by Crippen LogP contribution is -2.49. The summed E-state index contributed by atoms with van der Waals surface area (Å²) in [4.78, 5) is 38.3. The third kappa shape index (κ3) is 5.46. The molecule has 0 N–H and O–H groups in total. The number of benzene rings is 2. The molecule has 0 saturated carbocycles. The lowest BCUT2D eigenvalue weighted by atomic mass is 10.1. The number of amides is 3. The van der Waals surface area contributed by atoms with E-state index in [1.165, 1.54) is 17.7 Å². The van der Waals surface area contributed by atoms with Gasteiger partial charge in [-0.1, -0.05) is 25.1 Å². The Labute approximate surface area is 235 Å². The predicted molar refractivity (Wildman–Crippen MR) is 154 cm³/mol. The van der Waals surface area contributed by atoms with Crippen molar-refractivity contribution in [1.82, 2.24) is 14.8 Å². The van der Waals surface area contributed by atoms with Crippen molar-refractivity contribution in [3.05, 3.63) is 82.8 Å². The first kappa shape index (κ1) is 27.4. The number of aryl methyl sites for hydroxylation is 2. The summed E-state index contributed by atoms with van der Waals surface area (Å²) in [7, 11) is 1.61. The summed E-state index contributed by atoms with van der Waals surface area (Å²) in [6, 6.07) is 13.9. The number of methoxy groups -OCH3 is 1. The third-order valence-electron chi connectivity index (χ3n) is 7.78. The van der Waals surface area contributed by atoms with Gasteiger partial charge in [0.15, 0.2) is 0 Å². The van der Waals surface area contributed by atoms with Crippen LogP contribution in [0.5, 0.6) is 5.75 Å². The zero-order valence-electron chi connectivity index (χ0n) is 23.6. The lowest BCUT2D eigenvalue weighted by Gasteiger charge is -2.36. The van der Waals surface area contributed by atoms with Gasteiger partial charge in [0.05, 0.1) is 18.7 Å². The molecule has 3 heterocycles. The number of nitrogens with zero attached hydrogens (tertiary/aromatic N) is 5. The Balaban J connectivity index is 1.23. The van der Waals surface area contributed by atoms with Crippen molar-refractivity contribution < 1.29 is 18.7 Å². The fourth-order valence-corrected chi connectivity index (χ4v) is 5.54. The number of halogens is 1. The van der Waals surface area contributed by atoms with Gasteiger partial charge in [0.1, 0.15) is 17.4 Å². The lowest BCUT2D eigenvalue weighted by molar-refractivity contribution is 0.0742. The summed E-state index contributed by atoms with van der Waals surface area (Å²) >= 11 is 0. The average Bonchev–Trinajstić information content (AvgIpc) is 3.25. The molecule has 2 fully saturated rings. The summed E-state index contributed by atoms with van der Waals surface area (Å²) in [5.41, 5.74) is 3.77. The maximum Gasteiger partial charge on any atom is 0.325 e. The molecular formula is C31H36FN5O3. The molecule has 0 spiro atoms. The van der Waals surface area contributed by atoms with Crippen LogP contribution in [-0.2, 0) is 13.0 Å². The van der Waals surface area contributed by atoms with Gasteiger partial charge in [-0.2, -0.15) is 0 Å². The number of piperazine rings is 1. The molecule has 1 unspecified atom stereocenters. The van der Waals surface area contributed by atoms with E-state index in [1.54, 1.807) is 27.9 Å². The fraction of sp³-hybridized carbons (Fsp3) is 0.387. The van der Waals surface area contributed by atoms with Crippen molar-refractivity contribution in [3.63, 3.8) is 0 Å². The minimum absolute atomic E-state index is 0.0215. The minimum atomic E-state index is -0.619. The van der Waals surface area contributed by atoms with Crippen molar-refractivity contribution in [1.29, 1.82) is 0 Å². The molecule has 9 heteroatoms. The van der Waals surface area contributed by atoms with Crippen molar-refractivity contribution in [2.24, 2.45) is 0 Å². The number of carbonyl (C=O) groups excluding carboxylic acids is 2. The standard InChI is InChI=1S/C31H36FN5O3/c1-5-23-16-21(2)29(33-18-23)34-12-14-35(15-13-34)30(38)27-11-8-25(17-28(27)32)37-22(3)19-36(31(37)39)20-24-6-9-26(40-4)10-7-24/h6-11,16-18,22H,5,12-15,19-20H2,1-4H3. The number of anilines is 2. The van der Waals surface area contributed by atoms with Crippen LogP contribution >= 0.6 is 0 Å². The molecule has 2 aromatic carbocycles. The number of hydrogen-bond donors (Lipinski definition) is 0. The molecule has 0 bridgehead atoms. The van der Waals surface area contributed by atoms with Crippen LogP contribution in [-0.4, -0.2) is 72.6 Å². The number of pyridine rings is 1. The topological polar surface area (TPSA) is 69.2 Å². The summed E-state index contributed by atoms with van der Waals surface area (Å²) in [5.74, 6) is 0.736. The summed E-state index contributed by atoms with van der Waals surface area (Å²) in [6.07, 6.45) is 2.84. The summed E-state index contributed by atoms with van der Waals surface area (Å²) in [5, 5.41) is 0. The Bertz CT molecular complexity index is 1390. The van der Waals surface area contributed by atoms with E-state index in [-0.39, 0.29) is 23.5 Å². The maximum atomic E-state index is 15.3. The van der Waals surface area contributed by atoms with E-state index in [1.807, 2.05) is 37.4 Å². The van der Waals surface area contributed by atoms with Gasteiger partial charge < -0.3 is 19.4 Å². The SMILES string of the molecule is CCc1cnc(N2CCN(C(=O)c3ccc(N4C(=O)N(Cc5ccc(OC)cc5)CC4C)cc3F)CC2)c(C)c1. The Morgan fingerprint density at radius 3 is 2.40 bits per heavy atom. The summed E-state index contributed by atoms with van der Waals surface area (Å²) in [6.45, 7) is 9.31. The Morgan fingerprint density at radius 2 is 1.77 bits per heavy atom. The van der Waals surface area contributed by atoms with Gasteiger partial charge in [-0.25, -0.2) is 14.2 Å². The van der Waals surface area contributed by atoms with Crippen LogP contribution in [0.15, 0.2) is 54.7 Å². The van der Waals surface area contributed by atoms with Crippen LogP contribution in [0.25, 0.3) is 0 Å². The van der Waals surface area contributed by atoms with Crippen molar-refractivity contribution in [2.45, 2.75) is 39.8 Å². The molecule has 0 aliphatic carbocycles. The minimum Gasteiger partial charge on any atom is -0.497 e. The molecule has 210 valence electrons. The first-order valence-corrected chi connectivity index (χ1v) is 13.8. The van der Waals surface area contributed by atoms with Crippen LogP contribution in [0.1, 0.15) is 40.9 Å². The third-order valence-corrected chi connectivity index (χ3v) is 7.78. The van der Waals surface area contributed by atoms with E-state index in [0.717, 1.165) is 29.1 Å². The van der Waals surface area contributed by atoms with Gasteiger partial charge >= 0.3 is 6.03 Å². The fourth-order valence-electron chi connectivity index (χ4n) is 5.54. The highest BCUT2D eigenvalue weighted by molar-refractivity contribution is 5.97. The summed E-state index contributed by atoms with van der Waals surface area (Å²) < 4.78 is 20.5. The molecule has 3 amide bonds. The van der Waals surface area contributed by atoms with E-state index in [4.69, 9.17) is 4.74 Å².